The highest BCUT2D eigenvalue weighted by molar-refractivity contribution is 6.31. The van der Waals surface area contributed by atoms with Crippen LogP contribution >= 0.6 is 0 Å². The molecule has 0 atom stereocenters. The van der Waals surface area contributed by atoms with E-state index in [-0.39, 0.29) is 5.78 Å². The molecule has 0 N–H and O–H groups in total. The molecule has 0 aliphatic rings. The molecule has 0 aliphatic carbocycles. The number of carbonyl (C=O) groups is 1. The van der Waals surface area contributed by atoms with Gasteiger partial charge in [0, 0.05) is 16.9 Å². The van der Waals surface area contributed by atoms with E-state index in [0.717, 1.165) is 0 Å². The lowest BCUT2D eigenvalue weighted by atomic mass is 10.0. The van der Waals surface area contributed by atoms with Crippen LogP contribution in [-0.4, -0.2) is 23.6 Å². The Bertz CT molecular complexity index is 552. The average Bonchev–Trinajstić information content (AvgIpc) is 2.19. The number of aromatic nitrogens is 2. The van der Waals surface area contributed by atoms with E-state index in [4.69, 9.17) is 7.85 Å². The van der Waals surface area contributed by atoms with E-state index in [2.05, 4.69) is 9.97 Å². The molecule has 0 saturated heterocycles. The molecule has 1 aromatic heterocycles. The number of nitrogens with zero attached hydrogens (tertiary/aromatic N) is 2. The molecule has 15 heavy (non-hydrogen) atoms. The third-order valence-electron chi connectivity index (χ3n) is 2.28. The van der Waals surface area contributed by atoms with Gasteiger partial charge in [0.2, 0.25) is 0 Å². The molecule has 2 rings (SSSR count). The molecule has 4 heteroatoms. The molecule has 2 radical (unpaired) electrons. The third-order valence-corrected chi connectivity index (χ3v) is 2.28. The van der Waals surface area contributed by atoms with E-state index in [1.807, 2.05) is 0 Å². The second-order valence-electron chi connectivity index (χ2n) is 3.45. The van der Waals surface area contributed by atoms with Crippen molar-refractivity contribution in [1.29, 1.82) is 0 Å². The molecule has 1 aromatic carbocycles. The molecule has 0 amide bonds. The smallest absolute Gasteiger partial charge is 0.159 e. The number of Topliss-reactive ketones (excluding diaryl/α,β-unsaturated/α-hetero) is 1. The predicted octanol–water partition coefficient (Wildman–Crippen LogP) is 0.935. The van der Waals surface area contributed by atoms with Crippen LogP contribution < -0.4 is 5.59 Å². The van der Waals surface area contributed by atoms with Crippen molar-refractivity contribution in [1.82, 2.24) is 9.97 Å². The van der Waals surface area contributed by atoms with Crippen molar-refractivity contribution < 1.29 is 4.79 Å². The van der Waals surface area contributed by atoms with Crippen LogP contribution in [0.4, 0.5) is 0 Å². The molecular formula is C11H9BN2O. The first-order chi connectivity index (χ1) is 7.08. The number of hydrogen-bond donors (Lipinski definition) is 0. The fraction of sp³-hybridized carbons (Fsp3) is 0.182. The van der Waals surface area contributed by atoms with Gasteiger partial charge in [-0.15, -0.1) is 0 Å². The second kappa shape index (κ2) is 3.46. The number of hydrogen-bond acceptors (Lipinski definition) is 3. The van der Waals surface area contributed by atoms with Gasteiger partial charge in [0.05, 0.1) is 11.0 Å². The van der Waals surface area contributed by atoms with Crippen LogP contribution in [0.1, 0.15) is 23.0 Å². The zero-order valence-corrected chi connectivity index (χ0v) is 8.61. The van der Waals surface area contributed by atoms with Crippen LogP contribution in [0.3, 0.4) is 0 Å². The molecule has 0 aliphatic heterocycles. The molecule has 1 heterocycles. The van der Waals surface area contributed by atoms with Crippen molar-refractivity contribution in [2.24, 2.45) is 0 Å². The van der Waals surface area contributed by atoms with E-state index in [0.29, 0.717) is 27.9 Å². The molecular weight excluding hydrogens is 187 g/mol. The van der Waals surface area contributed by atoms with E-state index < -0.39 is 0 Å². The van der Waals surface area contributed by atoms with Crippen molar-refractivity contribution in [3.8, 4) is 0 Å². The predicted molar refractivity (Wildman–Crippen MR) is 59.7 cm³/mol. The van der Waals surface area contributed by atoms with Crippen molar-refractivity contribution in [2.75, 3.05) is 0 Å². The summed E-state index contributed by atoms with van der Waals surface area (Å²) in [7, 11) is 5.64. The van der Waals surface area contributed by atoms with Crippen molar-refractivity contribution in [2.45, 2.75) is 13.8 Å². The van der Waals surface area contributed by atoms with Crippen molar-refractivity contribution >= 4 is 30.3 Å². The molecule has 0 spiro atoms. The van der Waals surface area contributed by atoms with Gasteiger partial charge < -0.3 is 0 Å². The summed E-state index contributed by atoms with van der Waals surface area (Å²) in [6, 6.07) is 5.22. The lowest BCUT2D eigenvalue weighted by Gasteiger charge is -2.03. The number of benzene rings is 1. The lowest BCUT2D eigenvalue weighted by molar-refractivity contribution is 0.101. The Kier molecular flexibility index (Phi) is 2.27. The van der Waals surface area contributed by atoms with Gasteiger partial charge in [-0.3, -0.25) is 14.8 Å². The number of ketones is 1. The Labute approximate surface area is 89.0 Å². The average molecular weight is 196 g/mol. The first kappa shape index (κ1) is 9.83. The Morgan fingerprint density at radius 2 is 2.00 bits per heavy atom. The summed E-state index contributed by atoms with van der Waals surface area (Å²) >= 11 is 0. The standard InChI is InChI=1S/C11H9BN2O/c1-6-11(12)14-9-4-3-8(7(2)15)5-10(9)13-6/h3-5H,1-2H3. The minimum absolute atomic E-state index is 0.0215. The molecule has 0 unspecified atom stereocenters. The minimum Gasteiger partial charge on any atom is -0.295 e. The zero-order valence-electron chi connectivity index (χ0n) is 8.61. The first-order valence-corrected chi connectivity index (χ1v) is 4.63. The highest BCUT2D eigenvalue weighted by atomic mass is 16.1. The first-order valence-electron chi connectivity index (χ1n) is 4.63. The molecule has 0 saturated carbocycles. The summed E-state index contributed by atoms with van der Waals surface area (Å²) in [5, 5.41) is 0. The van der Waals surface area contributed by atoms with Crippen LogP contribution in [0.5, 0.6) is 0 Å². The highest BCUT2D eigenvalue weighted by Crippen LogP contribution is 2.11. The van der Waals surface area contributed by atoms with E-state index >= 15 is 0 Å². The van der Waals surface area contributed by atoms with Crippen LogP contribution in [-0.2, 0) is 0 Å². The quantitative estimate of drug-likeness (QED) is 0.503. The van der Waals surface area contributed by atoms with E-state index in [9.17, 15) is 4.79 Å². The number of rotatable bonds is 1. The summed E-state index contributed by atoms with van der Waals surface area (Å²) in [4.78, 5) is 19.6. The molecule has 72 valence electrons. The maximum atomic E-state index is 11.2. The topological polar surface area (TPSA) is 42.9 Å². The zero-order chi connectivity index (χ0) is 11.0. The van der Waals surface area contributed by atoms with Gasteiger partial charge in [-0.2, -0.15) is 0 Å². The summed E-state index contributed by atoms with van der Waals surface area (Å²) < 4.78 is 0. The lowest BCUT2D eigenvalue weighted by Crippen LogP contribution is -2.14. The number of carbonyl (C=O) groups excluding carboxylic acids is 1. The van der Waals surface area contributed by atoms with Crippen LogP contribution in [0.25, 0.3) is 11.0 Å². The monoisotopic (exact) mass is 196 g/mol. The maximum absolute atomic E-state index is 11.2. The van der Waals surface area contributed by atoms with Gasteiger partial charge in [0.25, 0.3) is 0 Å². The van der Waals surface area contributed by atoms with Crippen molar-refractivity contribution in [3.63, 3.8) is 0 Å². The second-order valence-corrected chi connectivity index (χ2v) is 3.45. The van der Waals surface area contributed by atoms with Crippen LogP contribution in [0, 0.1) is 6.92 Å². The molecule has 3 nitrogen and oxygen atoms in total. The summed E-state index contributed by atoms with van der Waals surface area (Å²) in [5.41, 5.74) is 3.17. The van der Waals surface area contributed by atoms with E-state index in [1.165, 1.54) is 6.92 Å². The van der Waals surface area contributed by atoms with Crippen LogP contribution in [0.15, 0.2) is 18.2 Å². The normalized spacial score (nSPS) is 10.5. The fourth-order valence-corrected chi connectivity index (χ4v) is 1.38. The van der Waals surface area contributed by atoms with Crippen LogP contribution in [0.2, 0.25) is 0 Å². The third kappa shape index (κ3) is 1.75. The Balaban J connectivity index is 2.72. The van der Waals surface area contributed by atoms with Gasteiger partial charge in [-0.25, -0.2) is 0 Å². The number of aryl methyl sites for hydroxylation is 1. The van der Waals surface area contributed by atoms with Gasteiger partial charge in [0.15, 0.2) is 5.78 Å². The maximum Gasteiger partial charge on any atom is 0.159 e. The Morgan fingerprint density at radius 1 is 1.27 bits per heavy atom. The summed E-state index contributed by atoms with van der Waals surface area (Å²) in [5.74, 6) is 0.0215. The van der Waals surface area contributed by atoms with Gasteiger partial charge in [0.1, 0.15) is 7.85 Å². The molecule has 2 aromatic rings. The van der Waals surface area contributed by atoms with Gasteiger partial charge in [-0.05, 0) is 32.0 Å². The minimum atomic E-state index is 0.0215. The Morgan fingerprint density at radius 3 is 2.67 bits per heavy atom. The van der Waals surface area contributed by atoms with E-state index in [1.54, 1.807) is 25.1 Å². The number of fused-ring (bicyclic) bond motifs is 1. The SMILES string of the molecule is [B]c1nc2ccc(C(C)=O)cc2nc1C. The molecule has 0 bridgehead atoms. The van der Waals surface area contributed by atoms with Crippen molar-refractivity contribution in [3.05, 3.63) is 29.5 Å². The summed E-state index contributed by atoms with van der Waals surface area (Å²) in [6.07, 6.45) is 0. The highest BCUT2D eigenvalue weighted by Gasteiger charge is 2.04. The fourth-order valence-electron chi connectivity index (χ4n) is 1.38. The van der Waals surface area contributed by atoms with Gasteiger partial charge in [-0.1, -0.05) is 0 Å². The Hall–Kier alpha value is -1.71. The molecule has 0 fully saturated rings. The summed E-state index contributed by atoms with van der Waals surface area (Å²) in [6.45, 7) is 3.32. The largest absolute Gasteiger partial charge is 0.295 e. The van der Waals surface area contributed by atoms with Gasteiger partial charge >= 0.3 is 0 Å².